The fourth-order valence-electron chi connectivity index (χ4n) is 3.12. The van der Waals surface area contributed by atoms with Gasteiger partial charge in [0.25, 0.3) is 5.91 Å². The number of halogens is 3. The van der Waals surface area contributed by atoms with E-state index in [0.717, 1.165) is 16.0 Å². The number of thiazole rings is 1. The van der Waals surface area contributed by atoms with E-state index in [1.165, 1.54) is 28.0 Å². The molecule has 0 spiro atoms. The van der Waals surface area contributed by atoms with Gasteiger partial charge in [0, 0.05) is 35.5 Å². The highest BCUT2D eigenvalue weighted by Crippen LogP contribution is 2.34. The van der Waals surface area contributed by atoms with E-state index in [-0.39, 0.29) is 24.8 Å². The number of hydrogen-bond donors (Lipinski definition) is 1. The second kappa shape index (κ2) is 11.2. The van der Waals surface area contributed by atoms with Gasteiger partial charge in [-0.05, 0) is 35.4 Å². The van der Waals surface area contributed by atoms with Crippen LogP contribution in [0.25, 0.3) is 6.08 Å². The van der Waals surface area contributed by atoms with Gasteiger partial charge in [-0.3, -0.25) is 14.5 Å². The summed E-state index contributed by atoms with van der Waals surface area (Å²) in [5, 5.41) is 4.82. The maximum absolute atomic E-state index is 12.8. The average Bonchev–Trinajstić information content (AvgIpc) is 3.34. The number of carbonyl (C=O) groups excluding carboxylic acids is 2. The van der Waals surface area contributed by atoms with Crippen LogP contribution in [-0.4, -0.2) is 32.6 Å². The van der Waals surface area contributed by atoms with E-state index < -0.39 is 0 Å². The third-order valence-corrected chi connectivity index (χ3v) is 8.16. The topological polar surface area (TPSA) is 62.3 Å². The predicted molar refractivity (Wildman–Crippen MR) is 146 cm³/mol. The van der Waals surface area contributed by atoms with Crippen LogP contribution in [0.15, 0.2) is 53.6 Å². The molecule has 0 radical (unpaired) electrons. The van der Waals surface area contributed by atoms with Gasteiger partial charge >= 0.3 is 0 Å². The van der Waals surface area contributed by atoms with Crippen LogP contribution in [0.1, 0.15) is 22.4 Å². The molecule has 0 saturated carbocycles. The maximum Gasteiger partial charge on any atom is 0.266 e. The summed E-state index contributed by atoms with van der Waals surface area (Å²) in [6, 6.07) is 12.7. The molecule has 3 aromatic rings. The quantitative estimate of drug-likeness (QED) is 0.247. The van der Waals surface area contributed by atoms with Gasteiger partial charge in [0.05, 0.1) is 15.0 Å². The third-order valence-electron chi connectivity index (χ3n) is 4.79. The zero-order valence-electron chi connectivity index (χ0n) is 17.4. The zero-order valence-corrected chi connectivity index (χ0v) is 22.1. The molecular weight excluding hydrogens is 553 g/mol. The lowest BCUT2D eigenvalue weighted by molar-refractivity contribution is -0.122. The van der Waals surface area contributed by atoms with Gasteiger partial charge < -0.3 is 5.32 Å². The number of carbonyl (C=O) groups is 2. The van der Waals surface area contributed by atoms with Crippen molar-refractivity contribution in [2.45, 2.75) is 12.8 Å². The number of aromatic nitrogens is 1. The van der Waals surface area contributed by atoms with E-state index in [0.29, 0.717) is 35.8 Å². The second-order valence-corrected chi connectivity index (χ2v) is 11.2. The number of thioether (sulfide) groups is 1. The summed E-state index contributed by atoms with van der Waals surface area (Å²) in [6.07, 6.45) is 4.14. The van der Waals surface area contributed by atoms with Crippen LogP contribution in [0.3, 0.4) is 0 Å². The molecule has 1 saturated heterocycles. The first-order valence-corrected chi connectivity index (χ1v) is 13.2. The van der Waals surface area contributed by atoms with Crippen molar-refractivity contribution in [1.29, 1.82) is 0 Å². The summed E-state index contributed by atoms with van der Waals surface area (Å²) in [5.41, 5.74) is 1.73. The maximum atomic E-state index is 12.8. The van der Waals surface area contributed by atoms with Crippen LogP contribution < -0.4 is 5.32 Å². The Morgan fingerprint density at radius 2 is 1.91 bits per heavy atom. The van der Waals surface area contributed by atoms with Crippen molar-refractivity contribution in [3.05, 3.63) is 84.6 Å². The van der Waals surface area contributed by atoms with Crippen molar-refractivity contribution in [2.75, 3.05) is 11.9 Å². The number of nitrogens with one attached hydrogen (secondary N) is 1. The second-order valence-electron chi connectivity index (χ2n) is 7.21. The van der Waals surface area contributed by atoms with Gasteiger partial charge in [0.1, 0.15) is 4.32 Å². The minimum Gasteiger partial charge on any atom is -0.302 e. The van der Waals surface area contributed by atoms with Crippen LogP contribution >= 0.6 is 70.1 Å². The number of thiocarbonyl (C=S) groups is 1. The molecule has 1 aliphatic heterocycles. The molecule has 1 aromatic heterocycles. The molecule has 0 aliphatic carbocycles. The number of amides is 2. The van der Waals surface area contributed by atoms with E-state index in [1.54, 1.807) is 24.4 Å². The average molecular weight is 569 g/mol. The minimum absolute atomic E-state index is 0.0908. The van der Waals surface area contributed by atoms with Crippen molar-refractivity contribution in [3.8, 4) is 0 Å². The van der Waals surface area contributed by atoms with E-state index in [2.05, 4.69) is 10.3 Å². The summed E-state index contributed by atoms with van der Waals surface area (Å²) in [7, 11) is 0. The van der Waals surface area contributed by atoms with Crippen LogP contribution in [0.2, 0.25) is 15.1 Å². The molecule has 2 heterocycles. The Kier molecular flexibility index (Phi) is 8.29. The highest BCUT2D eigenvalue weighted by atomic mass is 35.5. The molecule has 1 N–H and O–H groups in total. The number of hydrogen-bond acceptors (Lipinski definition) is 6. The number of nitrogens with zero attached hydrogens (tertiary/aromatic N) is 2. The van der Waals surface area contributed by atoms with E-state index in [4.69, 9.17) is 47.0 Å². The smallest absolute Gasteiger partial charge is 0.266 e. The molecule has 1 fully saturated rings. The van der Waals surface area contributed by atoms with E-state index in [1.807, 2.05) is 30.3 Å². The lowest BCUT2D eigenvalue weighted by atomic mass is 10.1. The van der Waals surface area contributed by atoms with Gasteiger partial charge in [-0.2, -0.15) is 0 Å². The van der Waals surface area contributed by atoms with Crippen LogP contribution in [0.5, 0.6) is 0 Å². The molecule has 34 heavy (non-hydrogen) atoms. The minimum atomic E-state index is -0.250. The molecule has 174 valence electrons. The molecule has 5 nitrogen and oxygen atoms in total. The van der Waals surface area contributed by atoms with E-state index in [9.17, 15) is 9.59 Å². The highest BCUT2D eigenvalue weighted by Gasteiger charge is 2.32. The number of rotatable bonds is 7. The third kappa shape index (κ3) is 6.19. The molecule has 0 bridgehead atoms. The van der Waals surface area contributed by atoms with Crippen LogP contribution in [0, 0.1) is 0 Å². The fraction of sp³-hybridized carbons (Fsp3) is 0.130. The van der Waals surface area contributed by atoms with Crippen molar-refractivity contribution in [1.82, 2.24) is 9.88 Å². The Morgan fingerprint density at radius 1 is 1.12 bits per heavy atom. The summed E-state index contributed by atoms with van der Waals surface area (Å²) in [5.74, 6) is -0.486. The molecule has 4 rings (SSSR count). The summed E-state index contributed by atoms with van der Waals surface area (Å²) in [6.45, 7) is 0.178. The molecular formula is C23H16Cl3N3O2S3. The van der Waals surface area contributed by atoms with Gasteiger partial charge in [-0.15, -0.1) is 11.3 Å². The molecule has 1 aliphatic rings. The summed E-state index contributed by atoms with van der Waals surface area (Å²) < 4.78 is 0.411. The largest absolute Gasteiger partial charge is 0.302 e. The number of benzene rings is 2. The standard InChI is InChI=1S/C23H16Cl3N3O2S3/c24-16-4-2-1-3-14(16)11-19-21(31)29(23(32)34-19)8-7-20(30)28-22-27-12-15(33-22)9-13-5-6-17(25)18(26)10-13/h1-6,10-12H,7-9H2,(H,27,28,30)/b19-11-. The first-order valence-electron chi connectivity index (χ1n) is 9.98. The Morgan fingerprint density at radius 3 is 2.68 bits per heavy atom. The normalized spacial score (nSPS) is 14.8. The van der Waals surface area contributed by atoms with Crippen LogP contribution in [0.4, 0.5) is 5.13 Å². The Bertz CT molecular complexity index is 1310. The summed E-state index contributed by atoms with van der Waals surface area (Å²) >= 11 is 26.1. The first kappa shape index (κ1) is 25.2. The fourth-order valence-corrected chi connectivity index (χ4v) is 5.79. The van der Waals surface area contributed by atoms with Gasteiger partial charge in [0.2, 0.25) is 5.91 Å². The summed E-state index contributed by atoms with van der Waals surface area (Å²) in [4.78, 5) is 32.4. The van der Waals surface area contributed by atoms with Gasteiger partial charge in [-0.1, -0.05) is 83.0 Å². The van der Waals surface area contributed by atoms with Crippen molar-refractivity contribution in [3.63, 3.8) is 0 Å². The zero-order chi connectivity index (χ0) is 24.2. The molecule has 11 heteroatoms. The molecule has 2 amide bonds. The number of anilines is 1. The molecule has 0 atom stereocenters. The first-order chi connectivity index (χ1) is 16.3. The monoisotopic (exact) mass is 567 g/mol. The SMILES string of the molecule is O=C(CCN1C(=O)/C(=C/c2ccccc2Cl)SC1=S)Nc1ncc(Cc2ccc(Cl)c(Cl)c2)s1. The Hall–Kier alpha value is -1.94. The van der Waals surface area contributed by atoms with Gasteiger partial charge in [0.15, 0.2) is 5.13 Å². The predicted octanol–water partition coefficient (Wildman–Crippen LogP) is 6.92. The van der Waals surface area contributed by atoms with Crippen molar-refractivity contribution in [2.24, 2.45) is 0 Å². The highest BCUT2D eigenvalue weighted by molar-refractivity contribution is 8.26. The lowest BCUT2D eigenvalue weighted by Crippen LogP contribution is -2.31. The van der Waals surface area contributed by atoms with Crippen molar-refractivity contribution < 1.29 is 9.59 Å². The van der Waals surface area contributed by atoms with Crippen molar-refractivity contribution >= 4 is 97.5 Å². The Balaban J connectivity index is 1.32. The van der Waals surface area contributed by atoms with Gasteiger partial charge in [-0.25, -0.2) is 4.98 Å². The lowest BCUT2D eigenvalue weighted by Gasteiger charge is -2.13. The van der Waals surface area contributed by atoms with E-state index >= 15 is 0 Å². The molecule has 2 aromatic carbocycles. The molecule has 0 unspecified atom stereocenters. The Labute approximate surface area is 225 Å². The van der Waals surface area contributed by atoms with Crippen LogP contribution in [-0.2, 0) is 16.0 Å².